The van der Waals surface area contributed by atoms with Gasteiger partial charge in [0.2, 0.25) is 0 Å². The summed E-state index contributed by atoms with van der Waals surface area (Å²) in [6.45, 7) is 0. The summed E-state index contributed by atoms with van der Waals surface area (Å²) >= 11 is 0. The van der Waals surface area contributed by atoms with E-state index in [9.17, 15) is 4.79 Å². The van der Waals surface area contributed by atoms with Crippen molar-refractivity contribution in [2.75, 3.05) is 5.32 Å². The Bertz CT molecular complexity index is 1050. The predicted molar refractivity (Wildman–Crippen MR) is 108 cm³/mol. The molecule has 4 nitrogen and oxygen atoms in total. The van der Waals surface area contributed by atoms with Gasteiger partial charge in [-0.1, -0.05) is 66.7 Å². The molecule has 0 spiro atoms. The zero-order chi connectivity index (χ0) is 17.8. The van der Waals surface area contributed by atoms with Crippen molar-refractivity contribution in [3.8, 4) is 0 Å². The van der Waals surface area contributed by atoms with Crippen LogP contribution in [0.1, 0.15) is 5.56 Å². The Kier molecular flexibility index (Phi) is 4.31. The highest BCUT2D eigenvalue weighted by molar-refractivity contribution is 6.13. The maximum atomic E-state index is 12.0. The highest BCUT2D eigenvalue weighted by Crippen LogP contribution is 2.27. The molecule has 0 saturated heterocycles. The van der Waals surface area contributed by atoms with Crippen LogP contribution in [0.2, 0.25) is 0 Å². The van der Waals surface area contributed by atoms with Crippen molar-refractivity contribution in [3.05, 3.63) is 90.5 Å². The van der Waals surface area contributed by atoms with Gasteiger partial charge in [0.15, 0.2) is 0 Å². The van der Waals surface area contributed by atoms with E-state index in [1.165, 1.54) is 0 Å². The molecule has 4 aromatic rings. The van der Waals surface area contributed by atoms with Gasteiger partial charge in [-0.3, -0.25) is 0 Å². The van der Waals surface area contributed by atoms with Gasteiger partial charge < -0.3 is 5.32 Å². The molecule has 4 rings (SSSR count). The van der Waals surface area contributed by atoms with E-state index in [0.717, 1.165) is 32.8 Å². The number of carbonyl (C=O) groups excluding carboxylic acids is 1. The molecular formula is C22H17N3O. The van der Waals surface area contributed by atoms with E-state index < -0.39 is 0 Å². The average molecular weight is 339 g/mol. The molecule has 0 aliphatic carbocycles. The van der Waals surface area contributed by atoms with Crippen molar-refractivity contribution in [2.45, 2.75) is 0 Å². The Morgan fingerprint density at radius 2 is 1.35 bits per heavy atom. The molecule has 0 aliphatic heterocycles. The monoisotopic (exact) mass is 339 g/mol. The van der Waals surface area contributed by atoms with Crippen LogP contribution in [0.15, 0.2) is 90.0 Å². The smallest absolute Gasteiger partial charge is 0.307 e. The summed E-state index contributed by atoms with van der Waals surface area (Å²) in [5.41, 5.74) is 4.23. The van der Waals surface area contributed by atoms with Crippen LogP contribution in [-0.2, 0) is 0 Å². The predicted octanol–water partition coefficient (Wildman–Crippen LogP) is 5.15. The lowest BCUT2D eigenvalue weighted by molar-refractivity contribution is 0.252. The van der Waals surface area contributed by atoms with Crippen LogP contribution < -0.4 is 10.7 Å². The molecule has 0 heterocycles. The molecule has 0 aromatic heterocycles. The number of benzene rings is 4. The first kappa shape index (κ1) is 15.8. The van der Waals surface area contributed by atoms with E-state index in [4.69, 9.17) is 0 Å². The van der Waals surface area contributed by atoms with E-state index in [0.29, 0.717) is 0 Å². The van der Waals surface area contributed by atoms with Gasteiger partial charge >= 0.3 is 6.03 Å². The molecule has 0 atom stereocenters. The lowest BCUT2D eigenvalue weighted by Gasteiger charge is -2.08. The number of carbonyl (C=O) groups is 1. The normalized spacial score (nSPS) is 11.1. The van der Waals surface area contributed by atoms with Gasteiger partial charge in [0.1, 0.15) is 0 Å². The van der Waals surface area contributed by atoms with Crippen LogP contribution in [0.3, 0.4) is 0 Å². The van der Waals surface area contributed by atoms with E-state index in [2.05, 4.69) is 46.2 Å². The first-order valence-electron chi connectivity index (χ1n) is 8.37. The number of anilines is 1. The molecule has 4 aromatic carbocycles. The summed E-state index contributed by atoms with van der Waals surface area (Å²) < 4.78 is 0. The summed E-state index contributed by atoms with van der Waals surface area (Å²) in [5, 5.41) is 11.4. The van der Waals surface area contributed by atoms with Crippen molar-refractivity contribution in [1.82, 2.24) is 5.43 Å². The lowest BCUT2D eigenvalue weighted by Crippen LogP contribution is -2.24. The van der Waals surface area contributed by atoms with Crippen molar-refractivity contribution in [3.63, 3.8) is 0 Å². The van der Waals surface area contributed by atoms with Crippen LogP contribution in [0, 0.1) is 0 Å². The van der Waals surface area contributed by atoms with Gasteiger partial charge in [-0.15, -0.1) is 0 Å². The third-order valence-corrected chi connectivity index (χ3v) is 4.20. The molecule has 0 fully saturated rings. The topological polar surface area (TPSA) is 53.5 Å². The van der Waals surface area contributed by atoms with E-state index >= 15 is 0 Å². The average Bonchev–Trinajstić information content (AvgIpc) is 2.68. The minimum atomic E-state index is -0.378. The minimum absolute atomic E-state index is 0.378. The number of rotatable bonds is 3. The maximum Gasteiger partial charge on any atom is 0.339 e. The Balaban J connectivity index is 1.63. The Morgan fingerprint density at radius 3 is 2.00 bits per heavy atom. The zero-order valence-electron chi connectivity index (χ0n) is 14.0. The Labute approximate surface area is 151 Å². The van der Waals surface area contributed by atoms with Gasteiger partial charge in [-0.2, -0.15) is 5.10 Å². The number of hydrazone groups is 1. The molecular weight excluding hydrogens is 322 g/mol. The number of amides is 2. The summed E-state index contributed by atoms with van der Waals surface area (Å²) in [6, 6.07) is 27.4. The number of urea groups is 1. The van der Waals surface area contributed by atoms with E-state index in [-0.39, 0.29) is 6.03 Å². The molecule has 2 N–H and O–H groups in total. The van der Waals surface area contributed by atoms with Gasteiger partial charge in [0.05, 0.1) is 6.21 Å². The number of hydrogen-bond donors (Lipinski definition) is 2. The van der Waals surface area contributed by atoms with Gasteiger partial charge in [-0.05, 0) is 39.7 Å². The Hall–Kier alpha value is -3.66. The van der Waals surface area contributed by atoms with Gasteiger partial charge in [0, 0.05) is 11.3 Å². The van der Waals surface area contributed by atoms with Crippen molar-refractivity contribution >= 4 is 39.5 Å². The SMILES string of the molecule is O=C(NN=Cc1c2ccccc2cc2ccccc12)Nc1ccccc1. The Morgan fingerprint density at radius 1 is 0.769 bits per heavy atom. The summed E-state index contributed by atoms with van der Waals surface area (Å²) in [7, 11) is 0. The molecule has 0 radical (unpaired) electrons. The van der Waals surface area contributed by atoms with E-state index in [1.54, 1.807) is 6.21 Å². The lowest BCUT2D eigenvalue weighted by atomic mass is 9.97. The van der Waals surface area contributed by atoms with Gasteiger partial charge in [0.25, 0.3) is 0 Å². The van der Waals surface area contributed by atoms with Crippen LogP contribution >= 0.6 is 0 Å². The summed E-state index contributed by atoms with van der Waals surface area (Å²) in [6.07, 6.45) is 1.70. The first-order valence-corrected chi connectivity index (χ1v) is 8.37. The fourth-order valence-electron chi connectivity index (χ4n) is 3.02. The van der Waals surface area contributed by atoms with Crippen molar-refractivity contribution < 1.29 is 4.79 Å². The minimum Gasteiger partial charge on any atom is -0.307 e. The van der Waals surface area contributed by atoms with Crippen LogP contribution in [0.5, 0.6) is 0 Å². The third-order valence-electron chi connectivity index (χ3n) is 4.20. The quantitative estimate of drug-likeness (QED) is 0.303. The van der Waals surface area contributed by atoms with Crippen molar-refractivity contribution in [1.29, 1.82) is 0 Å². The maximum absolute atomic E-state index is 12.0. The summed E-state index contributed by atoms with van der Waals surface area (Å²) in [4.78, 5) is 12.0. The number of para-hydroxylation sites is 1. The highest BCUT2D eigenvalue weighted by Gasteiger charge is 2.05. The number of hydrogen-bond acceptors (Lipinski definition) is 2. The molecule has 2 amide bonds. The first-order chi connectivity index (χ1) is 12.8. The standard InChI is InChI=1S/C22H17N3O/c26-22(24-18-10-2-1-3-11-18)25-23-15-21-19-12-6-4-8-16(19)14-17-9-5-7-13-20(17)21/h1-15H,(H2,24,25,26). The van der Waals surface area contributed by atoms with Crippen LogP contribution in [0.25, 0.3) is 21.5 Å². The molecule has 0 unspecified atom stereocenters. The fourth-order valence-corrected chi connectivity index (χ4v) is 3.02. The highest BCUT2D eigenvalue weighted by atomic mass is 16.2. The second-order valence-electron chi connectivity index (χ2n) is 5.92. The largest absolute Gasteiger partial charge is 0.339 e. The van der Waals surface area contributed by atoms with Crippen LogP contribution in [-0.4, -0.2) is 12.2 Å². The molecule has 4 heteroatoms. The third kappa shape index (κ3) is 3.26. The second kappa shape index (κ2) is 7.07. The number of fused-ring (bicyclic) bond motifs is 2. The van der Waals surface area contributed by atoms with Gasteiger partial charge in [-0.25, -0.2) is 10.2 Å². The van der Waals surface area contributed by atoms with E-state index in [1.807, 2.05) is 54.6 Å². The fraction of sp³-hybridized carbons (Fsp3) is 0. The van der Waals surface area contributed by atoms with Crippen LogP contribution in [0.4, 0.5) is 10.5 Å². The van der Waals surface area contributed by atoms with Crippen molar-refractivity contribution in [2.24, 2.45) is 5.10 Å². The summed E-state index contributed by atoms with van der Waals surface area (Å²) in [5.74, 6) is 0. The molecule has 0 bridgehead atoms. The molecule has 0 aliphatic rings. The zero-order valence-corrected chi connectivity index (χ0v) is 14.0. The molecule has 26 heavy (non-hydrogen) atoms. The number of nitrogens with one attached hydrogen (secondary N) is 2. The number of nitrogens with zero attached hydrogens (tertiary/aromatic N) is 1. The molecule has 0 saturated carbocycles. The second-order valence-corrected chi connectivity index (χ2v) is 5.92. The molecule has 126 valence electrons.